The minimum Gasteiger partial charge on any atom is -0.501 e. The molecule has 0 saturated carbocycles. The van der Waals surface area contributed by atoms with Gasteiger partial charge in [-0.1, -0.05) is 11.6 Å². The molecular weight excluding hydrogens is 99.5 g/mol. The maximum absolute atomic E-state index is 5.07. The second kappa shape index (κ2) is 4.83. The molecule has 0 aliphatic carbocycles. The van der Waals surface area contributed by atoms with Crippen molar-refractivity contribution >= 4 is 11.6 Å². The van der Waals surface area contributed by atoms with Crippen molar-refractivity contribution in [2.45, 2.75) is 6.92 Å². The van der Waals surface area contributed by atoms with Crippen LogP contribution in [-0.4, -0.2) is 6.61 Å². The highest BCUT2D eigenvalue weighted by atomic mass is 35.5. The first-order valence-corrected chi connectivity index (χ1v) is 2.22. The first-order valence-electron chi connectivity index (χ1n) is 1.78. The summed E-state index contributed by atoms with van der Waals surface area (Å²) < 4.78 is 4.67. The Morgan fingerprint density at radius 2 is 2.50 bits per heavy atom. The molecule has 0 radical (unpaired) electrons. The SMILES string of the molecule is CCO/C=C\Cl. The highest BCUT2D eigenvalue weighted by Crippen LogP contribution is 1.78. The van der Waals surface area contributed by atoms with E-state index in [-0.39, 0.29) is 0 Å². The Kier molecular flexibility index (Phi) is 4.69. The highest BCUT2D eigenvalue weighted by Gasteiger charge is 1.61. The predicted molar refractivity (Wildman–Crippen MR) is 26.6 cm³/mol. The van der Waals surface area contributed by atoms with E-state index in [0.717, 1.165) is 0 Å². The summed E-state index contributed by atoms with van der Waals surface area (Å²) in [5.74, 6) is 0. The average Bonchev–Trinajstić information content (AvgIpc) is 1.61. The third-order valence-corrected chi connectivity index (χ3v) is 0.417. The zero-order valence-electron chi connectivity index (χ0n) is 3.65. The van der Waals surface area contributed by atoms with E-state index in [0.29, 0.717) is 6.61 Å². The zero-order chi connectivity index (χ0) is 4.83. The molecule has 0 aromatic carbocycles. The Labute approximate surface area is 42.6 Å². The molecule has 0 aromatic rings. The topological polar surface area (TPSA) is 9.23 Å². The van der Waals surface area contributed by atoms with Crippen molar-refractivity contribution < 1.29 is 4.74 Å². The molecule has 0 amide bonds. The molecule has 0 aromatic heterocycles. The molecule has 6 heavy (non-hydrogen) atoms. The summed E-state index contributed by atoms with van der Waals surface area (Å²) in [6, 6.07) is 0. The number of halogens is 1. The van der Waals surface area contributed by atoms with Crippen molar-refractivity contribution in [3.05, 3.63) is 11.8 Å². The summed E-state index contributed by atoms with van der Waals surface area (Å²) in [5.41, 5.74) is 1.34. The van der Waals surface area contributed by atoms with Gasteiger partial charge in [-0.05, 0) is 6.92 Å². The van der Waals surface area contributed by atoms with Gasteiger partial charge in [-0.3, -0.25) is 0 Å². The van der Waals surface area contributed by atoms with Crippen LogP contribution in [0.4, 0.5) is 0 Å². The summed E-state index contributed by atoms with van der Waals surface area (Å²) in [6.07, 6.45) is 1.45. The molecule has 2 heteroatoms. The molecule has 0 fully saturated rings. The van der Waals surface area contributed by atoms with Crippen molar-refractivity contribution in [1.29, 1.82) is 0 Å². The summed E-state index contributed by atoms with van der Waals surface area (Å²) in [5, 5.41) is 0. The van der Waals surface area contributed by atoms with Crippen LogP contribution in [0.3, 0.4) is 0 Å². The van der Waals surface area contributed by atoms with Crippen molar-refractivity contribution in [2.75, 3.05) is 6.61 Å². The van der Waals surface area contributed by atoms with Crippen LogP contribution in [0.1, 0.15) is 6.92 Å². The van der Waals surface area contributed by atoms with Gasteiger partial charge in [0.1, 0.15) is 0 Å². The predicted octanol–water partition coefficient (Wildman–Crippen LogP) is 1.73. The summed E-state index contributed by atoms with van der Waals surface area (Å²) in [4.78, 5) is 0. The van der Waals surface area contributed by atoms with E-state index in [4.69, 9.17) is 11.6 Å². The lowest BCUT2D eigenvalue weighted by molar-refractivity contribution is 0.270. The van der Waals surface area contributed by atoms with Gasteiger partial charge in [0.25, 0.3) is 0 Å². The Hall–Kier alpha value is -0.170. The van der Waals surface area contributed by atoms with Gasteiger partial charge in [-0.15, -0.1) is 0 Å². The van der Waals surface area contributed by atoms with Gasteiger partial charge < -0.3 is 4.74 Å². The van der Waals surface area contributed by atoms with Crippen molar-refractivity contribution in [3.63, 3.8) is 0 Å². The molecule has 0 rings (SSSR count). The van der Waals surface area contributed by atoms with Gasteiger partial charge in [0, 0.05) is 5.54 Å². The van der Waals surface area contributed by atoms with Gasteiger partial charge in [0.05, 0.1) is 12.9 Å². The lowest BCUT2D eigenvalue weighted by Crippen LogP contribution is -1.73. The molecule has 0 aliphatic heterocycles. The first kappa shape index (κ1) is 5.83. The van der Waals surface area contributed by atoms with E-state index in [1.807, 2.05) is 6.92 Å². The fourth-order valence-electron chi connectivity index (χ4n) is 0.133. The van der Waals surface area contributed by atoms with Gasteiger partial charge in [-0.2, -0.15) is 0 Å². The second-order valence-corrected chi connectivity index (χ2v) is 0.969. The number of hydrogen-bond acceptors (Lipinski definition) is 1. The Balaban J connectivity index is 2.66. The number of hydrogen-bond donors (Lipinski definition) is 0. The maximum atomic E-state index is 5.07. The van der Waals surface area contributed by atoms with Crippen LogP contribution in [0.15, 0.2) is 11.8 Å². The highest BCUT2D eigenvalue weighted by molar-refractivity contribution is 6.25. The van der Waals surface area contributed by atoms with E-state index >= 15 is 0 Å². The normalized spacial score (nSPS) is 9.67. The first-order chi connectivity index (χ1) is 2.91. The van der Waals surface area contributed by atoms with E-state index < -0.39 is 0 Å². The quantitative estimate of drug-likeness (QED) is 0.487. The van der Waals surface area contributed by atoms with Gasteiger partial charge >= 0.3 is 0 Å². The summed E-state index contributed by atoms with van der Waals surface area (Å²) in [7, 11) is 0. The largest absolute Gasteiger partial charge is 0.501 e. The zero-order valence-corrected chi connectivity index (χ0v) is 4.40. The van der Waals surface area contributed by atoms with Crippen LogP contribution in [0, 0.1) is 0 Å². The molecule has 0 heterocycles. The fraction of sp³-hybridized carbons (Fsp3) is 0.500. The van der Waals surface area contributed by atoms with Gasteiger partial charge in [0.2, 0.25) is 0 Å². The summed E-state index contributed by atoms with van der Waals surface area (Å²) in [6.45, 7) is 2.58. The van der Waals surface area contributed by atoms with Crippen LogP contribution in [0.25, 0.3) is 0 Å². The van der Waals surface area contributed by atoms with Crippen LogP contribution >= 0.6 is 11.6 Å². The summed E-state index contributed by atoms with van der Waals surface area (Å²) >= 11 is 5.07. The smallest absolute Gasteiger partial charge is 0.0941 e. The van der Waals surface area contributed by atoms with Crippen LogP contribution in [-0.2, 0) is 4.74 Å². The number of rotatable bonds is 2. The van der Waals surface area contributed by atoms with Crippen LogP contribution < -0.4 is 0 Å². The molecule has 1 nitrogen and oxygen atoms in total. The van der Waals surface area contributed by atoms with Gasteiger partial charge in [0.15, 0.2) is 0 Å². The number of ether oxygens (including phenoxy) is 1. The molecule has 0 N–H and O–H groups in total. The lowest BCUT2D eigenvalue weighted by Gasteiger charge is -1.85. The minimum absolute atomic E-state index is 0.684. The molecule has 0 saturated heterocycles. The van der Waals surface area contributed by atoms with E-state index in [1.54, 1.807) is 0 Å². The Bertz CT molecular complexity index is 42.8. The Morgan fingerprint density at radius 3 is 2.67 bits per heavy atom. The van der Waals surface area contributed by atoms with Crippen LogP contribution in [0.2, 0.25) is 0 Å². The molecule has 36 valence electrons. The minimum atomic E-state index is 0.684. The molecule has 0 atom stereocenters. The van der Waals surface area contributed by atoms with E-state index in [2.05, 4.69) is 4.74 Å². The van der Waals surface area contributed by atoms with Crippen molar-refractivity contribution in [1.82, 2.24) is 0 Å². The van der Waals surface area contributed by atoms with Crippen molar-refractivity contribution in [2.24, 2.45) is 0 Å². The van der Waals surface area contributed by atoms with Gasteiger partial charge in [-0.25, -0.2) is 0 Å². The standard InChI is InChI=1S/C4H7ClO/c1-2-6-4-3-5/h3-4H,2H2,1H3/b4-3-. The lowest BCUT2D eigenvalue weighted by atomic mass is 10.9. The molecule has 0 spiro atoms. The molecule has 0 bridgehead atoms. The molecule has 0 aliphatic rings. The third-order valence-electron chi connectivity index (χ3n) is 0.314. The molecule has 0 unspecified atom stereocenters. The average molecular weight is 107 g/mol. The monoisotopic (exact) mass is 106 g/mol. The van der Waals surface area contributed by atoms with Crippen molar-refractivity contribution in [3.8, 4) is 0 Å². The van der Waals surface area contributed by atoms with E-state index in [1.165, 1.54) is 11.8 Å². The Morgan fingerprint density at radius 1 is 1.83 bits per heavy atom. The van der Waals surface area contributed by atoms with Crippen LogP contribution in [0.5, 0.6) is 0 Å². The fourth-order valence-corrected chi connectivity index (χ4v) is 0.205. The third kappa shape index (κ3) is 3.83. The maximum Gasteiger partial charge on any atom is 0.0941 e. The van der Waals surface area contributed by atoms with E-state index in [9.17, 15) is 0 Å². The molecular formula is C4H7ClO. The second-order valence-electron chi connectivity index (χ2n) is 0.717.